The second-order valence-electron chi connectivity index (χ2n) is 7.55. The molecule has 10 nitrogen and oxygen atoms in total. The van der Waals surface area contributed by atoms with E-state index >= 15 is 0 Å². The minimum atomic E-state index is -0.619. The first-order chi connectivity index (χ1) is 14.5. The van der Waals surface area contributed by atoms with Gasteiger partial charge in [-0.25, -0.2) is 4.98 Å². The van der Waals surface area contributed by atoms with E-state index in [2.05, 4.69) is 19.9 Å². The third-order valence-electron chi connectivity index (χ3n) is 5.34. The molecule has 3 aromatic rings. The topological polar surface area (TPSA) is 115 Å². The van der Waals surface area contributed by atoms with Crippen LogP contribution in [-0.4, -0.2) is 83.9 Å². The molecule has 2 saturated heterocycles. The summed E-state index contributed by atoms with van der Waals surface area (Å²) in [6, 6.07) is 7.94. The Bertz CT molecular complexity index is 1070. The standard InChI is InChI=1S/C20H23N5O5/c1-25(2)15-7-4-10(19(23-15)27-3)11-5-6-12-18(21-11)24-20(22-12)30-14-9-29-16-13(26)8-28-17(14)16/h4-7,13-14,16-17,26H,8-9H2,1-3H3,(H,21,22,24)/t13-,14-,16-,17-/m1/s1. The largest absolute Gasteiger partial charge is 0.480 e. The Kier molecular flexibility index (Phi) is 4.69. The predicted molar refractivity (Wildman–Crippen MR) is 108 cm³/mol. The summed E-state index contributed by atoms with van der Waals surface area (Å²) in [7, 11) is 5.43. The molecule has 0 aliphatic carbocycles. The fourth-order valence-electron chi connectivity index (χ4n) is 3.80. The molecule has 0 unspecified atom stereocenters. The predicted octanol–water partition coefficient (Wildman–Crippen LogP) is 1.00. The van der Waals surface area contributed by atoms with Crippen LogP contribution >= 0.6 is 0 Å². The number of aromatic amines is 1. The number of aliphatic hydroxyl groups excluding tert-OH is 1. The lowest BCUT2D eigenvalue weighted by Gasteiger charge is -2.15. The summed E-state index contributed by atoms with van der Waals surface area (Å²) in [6.07, 6.45) is -1.61. The maximum absolute atomic E-state index is 9.87. The number of aromatic nitrogens is 4. The van der Waals surface area contributed by atoms with Crippen LogP contribution in [0.5, 0.6) is 11.9 Å². The summed E-state index contributed by atoms with van der Waals surface area (Å²) in [5.74, 6) is 1.29. The zero-order chi connectivity index (χ0) is 20.8. The average molecular weight is 413 g/mol. The molecule has 0 bridgehead atoms. The van der Waals surface area contributed by atoms with Gasteiger partial charge in [0.1, 0.15) is 24.1 Å². The quantitative estimate of drug-likeness (QED) is 0.632. The van der Waals surface area contributed by atoms with E-state index in [9.17, 15) is 5.11 Å². The number of H-pyrrole nitrogens is 1. The molecule has 0 spiro atoms. The molecular formula is C20H23N5O5. The Morgan fingerprint density at radius 2 is 1.90 bits per heavy atom. The van der Waals surface area contributed by atoms with Gasteiger partial charge in [0.25, 0.3) is 6.01 Å². The minimum Gasteiger partial charge on any atom is -0.480 e. The van der Waals surface area contributed by atoms with Crippen molar-refractivity contribution < 1.29 is 24.1 Å². The number of methoxy groups -OCH3 is 1. The summed E-state index contributed by atoms with van der Waals surface area (Å²) in [5.41, 5.74) is 2.73. The summed E-state index contributed by atoms with van der Waals surface area (Å²) >= 11 is 0. The third-order valence-corrected chi connectivity index (χ3v) is 5.34. The van der Waals surface area contributed by atoms with Crippen molar-refractivity contribution in [2.45, 2.75) is 24.4 Å². The van der Waals surface area contributed by atoms with Crippen LogP contribution in [0.25, 0.3) is 22.4 Å². The molecule has 0 saturated carbocycles. The van der Waals surface area contributed by atoms with Gasteiger partial charge in [-0.2, -0.15) is 9.97 Å². The number of rotatable bonds is 5. The fourth-order valence-corrected chi connectivity index (χ4v) is 3.80. The maximum atomic E-state index is 9.87. The molecule has 158 valence electrons. The highest BCUT2D eigenvalue weighted by Gasteiger charge is 2.48. The van der Waals surface area contributed by atoms with Crippen LogP contribution < -0.4 is 14.4 Å². The SMILES string of the molecule is COc1nc(N(C)C)ccc1-c1ccc2[nH]c(O[C@@H]3CO[C@H]4[C@@H]3OC[C@H]4O)nc2n1. The average Bonchev–Trinajstić information content (AvgIpc) is 3.44. The van der Waals surface area contributed by atoms with Gasteiger partial charge in [-0.1, -0.05) is 0 Å². The van der Waals surface area contributed by atoms with E-state index in [1.807, 2.05) is 43.3 Å². The number of fused-ring (bicyclic) bond motifs is 2. The van der Waals surface area contributed by atoms with Gasteiger partial charge in [0.2, 0.25) is 5.88 Å². The first-order valence-electron chi connectivity index (χ1n) is 9.71. The van der Waals surface area contributed by atoms with Crippen LogP contribution in [0.2, 0.25) is 0 Å². The number of aliphatic hydroxyl groups is 1. The van der Waals surface area contributed by atoms with Gasteiger partial charge in [-0.05, 0) is 24.3 Å². The van der Waals surface area contributed by atoms with Crippen molar-refractivity contribution in [2.24, 2.45) is 0 Å². The first kappa shape index (κ1) is 19.0. The van der Waals surface area contributed by atoms with E-state index in [1.54, 1.807) is 7.11 Å². The lowest BCUT2D eigenvalue weighted by atomic mass is 10.1. The Balaban J connectivity index is 1.41. The molecule has 2 aliphatic heterocycles. The molecule has 0 amide bonds. The molecule has 30 heavy (non-hydrogen) atoms. The van der Waals surface area contributed by atoms with Gasteiger partial charge in [-0.3, -0.25) is 0 Å². The monoisotopic (exact) mass is 413 g/mol. The van der Waals surface area contributed by atoms with Gasteiger partial charge in [-0.15, -0.1) is 0 Å². The van der Waals surface area contributed by atoms with Crippen LogP contribution in [0.3, 0.4) is 0 Å². The smallest absolute Gasteiger partial charge is 0.296 e. The molecule has 10 heteroatoms. The first-order valence-corrected chi connectivity index (χ1v) is 9.71. The van der Waals surface area contributed by atoms with E-state index in [4.69, 9.17) is 18.9 Å². The highest BCUT2D eigenvalue weighted by molar-refractivity contribution is 5.77. The molecule has 0 aromatic carbocycles. The van der Waals surface area contributed by atoms with Gasteiger partial charge >= 0.3 is 0 Å². The molecular weight excluding hydrogens is 390 g/mol. The van der Waals surface area contributed by atoms with Crippen LogP contribution in [-0.2, 0) is 9.47 Å². The lowest BCUT2D eigenvalue weighted by Crippen LogP contribution is -2.34. The Hall–Kier alpha value is -2.95. The zero-order valence-corrected chi connectivity index (χ0v) is 16.9. The zero-order valence-electron chi connectivity index (χ0n) is 16.9. The van der Waals surface area contributed by atoms with E-state index < -0.39 is 6.10 Å². The highest BCUT2D eigenvalue weighted by atomic mass is 16.6. The minimum absolute atomic E-state index is 0.253. The van der Waals surface area contributed by atoms with Crippen LogP contribution in [0.1, 0.15) is 0 Å². The Morgan fingerprint density at radius 3 is 2.70 bits per heavy atom. The van der Waals surface area contributed by atoms with Gasteiger partial charge < -0.3 is 33.9 Å². The second kappa shape index (κ2) is 7.38. The maximum Gasteiger partial charge on any atom is 0.296 e. The van der Waals surface area contributed by atoms with E-state index in [0.29, 0.717) is 29.8 Å². The van der Waals surface area contributed by atoms with E-state index in [-0.39, 0.29) is 24.9 Å². The summed E-state index contributed by atoms with van der Waals surface area (Å²) in [6.45, 7) is 0.589. The Labute approximate surface area is 172 Å². The lowest BCUT2D eigenvalue weighted by molar-refractivity contribution is 0.00706. The number of ether oxygens (including phenoxy) is 4. The van der Waals surface area contributed by atoms with Crippen LogP contribution in [0.15, 0.2) is 24.3 Å². The Morgan fingerprint density at radius 1 is 1.07 bits per heavy atom. The molecule has 2 N–H and O–H groups in total. The molecule has 5 heterocycles. The number of hydrogen-bond acceptors (Lipinski definition) is 9. The number of hydrogen-bond donors (Lipinski definition) is 2. The fraction of sp³-hybridized carbons (Fsp3) is 0.450. The van der Waals surface area contributed by atoms with E-state index in [0.717, 1.165) is 16.9 Å². The summed E-state index contributed by atoms with van der Waals surface area (Å²) in [4.78, 5) is 18.7. The van der Waals surface area contributed by atoms with Crippen molar-refractivity contribution in [2.75, 3.05) is 39.3 Å². The van der Waals surface area contributed by atoms with Crippen LogP contribution in [0, 0.1) is 0 Å². The number of pyridine rings is 2. The van der Waals surface area contributed by atoms with Crippen LogP contribution in [0.4, 0.5) is 5.82 Å². The number of imidazole rings is 1. The van der Waals surface area contributed by atoms with Gasteiger partial charge in [0.05, 0.1) is 37.1 Å². The van der Waals surface area contributed by atoms with Crippen molar-refractivity contribution in [3.8, 4) is 23.1 Å². The van der Waals surface area contributed by atoms with Crippen molar-refractivity contribution in [3.05, 3.63) is 24.3 Å². The number of nitrogens with one attached hydrogen (secondary N) is 1. The number of anilines is 1. The summed E-state index contributed by atoms with van der Waals surface area (Å²) < 4.78 is 22.6. The molecule has 2 aliphatic rings. The molecule has 3 aromatic heterocycles. The second-order valence-corrected chi connectivity index (χ2v) is 7.55. The molecule has 5 rings (SSSR count). The van der Waals surface area contributed by atoms with Crippen molar-refractivity contribution in [3.63, 3.8) is 0 Å². The van der Waals surface area contributed by atoms with Crippen molar-refractivity contribution in [1.29, 1.82) is 0 Å². The highest BCUT2D eigenvalue weighted by Crippen LogP contribution is 2.32. The molecule has 2 fully saturated rings. The van der Waals surface area contributed by atoms with Crippen molar-refractivity contribution in [1.82, 2.24) is 19.9 Å². The molecule has 4 atom stereocenters. The summed E-state index contributed by atoms with van der Waals surface area (Å²) in [5, 5.41) is 9.87. The normalized spacial score (nSPS) is 25.5. The van der Waals surface area contributed by atoms with Gasteiger partial charge in [0, 0.05) is 14.1 Å². The molecule has 0 radical (unpaired) electrons. The van der Waals surface area contributed by atoms with Crippen molar-refractivity contribution >= 4 is 17.0 Å². The number of nitrogens with zero attached hydrogens (tertiary/aromatic N) is 4. The van der Waals surface area contributed by atoms with E-state index in [1.165, 1.54) is 0 Å². The third kappa shape index (κ3) is 3.22. The van der Waals surface area contributed by atoms with Gasteiger partial charge in [0.15, 0.2) is 11.8 Å².